The standard InChI is InChI=1S/C21H19F2N3O/c22-16-7-5-15(6-8-16)21(27)9-11-26(12-10-21)20-14-24-13-19(25-20)17-3-1-2-4-18(17)23/h1-8,13-14,27H,9-12H2. The van der Waals surface area contributed by atoms with Gasteiger partial charge in [-0.3, -0.25) is 4.98 Å². The average Bonchev–Trinajstić information content (AvgIpc) is 2.69. The van der Waals surface area contributed by atoms with Gasteiger partial charge in [-0.05, 0) is 42.7 Å². The largest absolute Gasteiger partial charge is 0.385 e. The minimum atomic E-state index is -0.985. The molecule has 1 fully saturated rings. The third kappa shape index (κ3) is 3.53. The molecule has 0 saturated carbocycles. The molecule has 0 atom stereocenters. The highest BCUT2D eigenvalue weighted by atomic mass is 19.1. The number of rotatable bonds is 3. The van der Waals surface area contributed by atoms with Crippen LogP contribution in [0.4, 0.5) is 14.6 Å². The second kappa shape index (κ2) is 7.04. The van der Waals surface area contributed by atoms with Crippen LogP contribution in [-0.2, 0) is 5.60 Å². The van der Waals surface area contributed by atoms with Crippen LogP contribution in [-0.4, -0.2) is 28.2 Å². The van der Waals surface area contributed by atoms with Gasteiger partial charge in [-0.1, -0.05) is 24.3 Å². The van der Waals surface area contributed by atoms with Crippen LogP contribution < -0.4 is 4.90 Å². The van der Waals surface area contributed by atoms with E-state index in [-0.39, 0.29) is 11.6 Å². The van der Waals surface area contributed by atoms with Crippen molar-refractivity contribution in [2.75, 3.05) is 18.0 Å². The zero-order valence-electron chi connectivity index (χ0n) is 14.6. The zero-order chi connectivity index (χ0) is 18.9. The highest BCUT2D eigenvalue weighted by Crippen LogP contribution is 2.34. The van der Waals surface area contributed by atoms with E-state index in [1.807, 2.05) is 4.90 Å². The van der Waals surface area contributed by atoms with Crippen LogP contribution in [0.15, 0.2) is 60.9 Å². The second-order valence-electron chi connectivity index (χ2n) is 6.77. The molecule has 1 aliphatic rings. The summed E-state index contributed by atoms with van der Waals surface area (Å²) >= 11 is 0. The maximum Gasteiger partial charge on any atom is 0.147 e. The molecule has 0 unspecified atom stereocenters. The fraction of sp³-hybridized carbons (Fsp3) is 0.238. The van der Waals surface area contributed by atoms with E-state index in [0.29, 0.717) is 43.0 Å². The van der Waals surface area contributed by atoms with Crippen LogP contribution in [0.25, 0.3) is 11.3 Å². The first-order valence-corrected chi connectivity index (χ1v) is 8.85. The molecule has 0 radical (unpaired) electrons. The van der Waals surface area contributed by atoms with Crippen molar-refractivity contribution < 1.29 is 13.9 Å². The van der Waals surface area contributed by atoms with E-state index in [1.54, 1.807) is 42.7 Å². The molecule has 2 heterocycles. The minimum Gasteiger partial charge on any atom is -0.385 e. The maximum absolute atomic E-state index is 14.0. The van der Waals surface area contributed by atoms with Crippen molar-refractivity contribution >= 4 is 5.82 Å². The third-order valence-corrected chi connectivity index (χ3v) is 5.07. The van der Waals surface area contributed by atoms with Gasteiger partial charge in [-0.15, -0.1) is 0 Å². The second-order valence-corrected chi connectivity index (χ2v) is 6.77. The summed E-state index contributed by atoms with van der Waals surface area (Å²) in [4.78, 5) is 10.8. The first-order chi connectivity index (χ1) is 13.0. The Morgan fingerprint density at radius 3 is 2.33 bits per heavy atom. The van der Waals surface area contributed by atoms with E-state index in [4.69, 9.17) is 0 Å². The number of hydrogen-bond donors (Lipinski definition) is 1. The van der Waals surface area contributed by atoms with Gasteiger partial charge in [0.05, 0.1) is 23.7 Å². The van der Waals surface area contributed by atoms with Gasteiger partial charge >= 0.3 is 0 Å². The molecule has 0 bridgehead atoms. The lowest BCUT2D eigenvalue weighted by Crippen LogP contribution is -2.43. The molecule has 2 aromatic carbocycles. The lowest BCUT2D eigenvalue weighted by atomic mass is 9.84. The van der Waals surface area contributed by atoms with Crippen molar-refractivity contribution in [3.05, 3.63) is 78.1 Å². The first-order valence-electron chi connectivity index (χ1n) is 8.85. The fourth-order valence-electron chi connectivity index (χ4n) is 3.46. The molecule has 0 amide bonds. The molecule has 1 saturated heterocycles. The zero-order valence-corrected chi connectivity index (χ0v) is 14.6. The number of aliphatic hydroxyl groups is 1. The van der Waals surface area contributed by atoms with Gasteiger partial charge in [0.1, 0.15) is 17.5 Å². The Bertz CT molecular complexity index is 938. The predicted molar refractivity (Wildman–Crippen MR) is 99.2 cm³/mol. The van der Waals surface area contributed by atoms with Crippen LogP contribution in [0.2, 0.25) is 0 Å². The predicted octanol–water partition coefficient (Wildman–Crippen LogP) is 3.91. The monoisotopic (exact) mass is 367 g/mol. The Hall–Kier alpha value is -2.86. The Morgan fingerprint density at radius 2 is 1.63 bits per heavy atom. The number of hydrogen-bond acceptors (Lipinski definition) is 4. The van der Waals surface area contributed by atoms with Gasteiger partial charge < -0.3 is 10.0 Å². The van der Waals surface area contributed by atoms with Gasteiger partial charge in [-0.25, -0.2) is 13.8 Å². The van der Waals surface area contributed by atoms with Crippen molar-refractivity contribution in [2.45, 2.75) is 18.4 Å². The van der Waals surface area contributed by atoms with Crippen LogP contribution in [0.1, 0.15) is 18.4 Å². The molecule has 0 aliphatic carbocycles. The average molecular weight is 367 g/mol. The lowest BCUT2D eigenvalue weighted by Gasteiger charge is -2.39. The smallest absolute Gasteiger partial charge is 0.147 e. The summed E-state index contributed by atoms with van der Waals surface area (Å²) in [6.07, 6.45) is 4.17. The molecule has 0 spiro atoms. The van der Waals surface area contributed by atoms with E-state index in [1.165, 1.54) is 18.2 Å². The van der Waals surface area contributed by atoms with Gasteiger partial charge in [-0.2, -0.15) is 0 Å². The fourth-order valence-corrected chi connectivity index (χ4v) is 3.46. The SMILES string of the molecule is OC1(c2ccc(F)cc2)CCN(c2cncc(-c3ccccc3F)n2)CC1. The van der Waals surface area contributed by atoms with E-state index in [0.717, 1.165) is 5.56 Å². The Morgan fingerprint density at radius 1 is 0.926 bits per heavy atom. The molecule has 4 rings (SSSR count). The summed E-state index contributed by atoms with van der Waals surface area (Å²) in [5.74, 6) is -0.00907. The van der Waals surface area contributed by atoms with Crippen molar-refractivity contribution in [3.63, 3.8) is 0 Å². The van der Waals surface area contributed by atoms with Crippen molar-refractivity contribution in [3.8, 4) is 11.3 Å². The Balaban J connectivity index is 1.52. The van der Waals surface area contributed by atoms with Crippen LogP contribution in [0.5, 0.6) is 0 Å². The number of piperidine rings is 1. The van der Waals surface area contributed by atoms with Crippen LogP contribution in [0.3, 0.4) is 0 Å². The summed E-state index contributed by atoms with van der Waals surface area (Å²) < 4.78 is 27.2. The van der Waals surface area contributed by atoms with E-state index in [9.17, 15) is 13.9 Å². The quantitative estimate of drug-likeness (QED) is 0.763. The van der Waals surface area contributed by atoms with Gasteiger partial charge in [0.15, 0.2) is 0 Å². The molecule has 6 heteroatoms. The first kappa shape index (κ1) is 17.5. The molecular weight excluding hydrogens is 348 g/mol. The summed E-state index contributed by atoms with van der Waals surface area (Å²) in [6, 6.07) is 12.5. The Labute approximate surface area is 156 Å². The molecule has 27 heavy (non-hydrogen) atoms. The summed E-state index contributed by atoms with van der Waals surface area (Å²) in [5.41, 5.74) is 0.618. The summed E-state index contributed by atoms with van der Waals surface area (Å²) in [7, 11) is 0. The van der Waals surface area contributed by atoms with Gasteiger partial charge in [0, 0.05) is 18.7 Å². The molecule has 4 nitrogen and oxygen atoms in total. The third-order valence-electron chi connectivity index (χ3n) is 5.07. The molecular formula is C21H19F2N3O. The molecule has 3 aromatic rings. The van der Waals surface area contributed by atoms with Crippen LogP contribution in [0, 0.1) is 11.6 Å². The summed E-state index contributed by atoms with van der Waals surface area (Å²) in [6.45, 7) is 1.15. The molecule has 1 N–H and O–H groups in total. The van der Waals surface area contributed by atoms with Crippen molar-refractivity contribution in [1.29, 1.82) is 0 Å². The van der Waals surface area contributed by atoms with Gasteiger partial charge in [0.2, 0.25) is 0 Å². The molecule has 1 aromatic heterocycles. The highest BCUT2D eigenvalue weighted by Gasteiger charge is 2.34. The Kier molecular flexibility index (Phi) is 4.58. The number of aromatic nitrogens is 2. The molecule has 138 valence electrons. The minimum absolute atomic E-state index is 0.319. The maximum atomic E-state index is 14.0. The van der Waals surface area contributed by atoms with E-state index < -0.39 is 5.60 Å². The normalized spacial score (nSPS) is 16.3. The van der Waals surface area contributed by atoms with E-state index >= 15 is 0 Å². The summed E-state index contributed by atoms with van der Waals surface area (Å²) in [5, 5.41) is 10.9. The van der Waals surface area contributed by atoms with Crippen molar-refractivity contribution in [1.82, 2.24) is 9.97 Å². The van der Waals surface area contributed by atoms with Crippen LogP contribution >= 0.6 is 0 Å². The van der Waals surface area contributed by atoms with E-state index in [2.05, 4.69) is 9.97 Å². The molecule has 1 aliphatic heterocycles. The number of anilines is 1. The van der Waals surface area contributed by atoms with Gasteiger partial charge in [0.25, 0.3) is 0 Å². The van der Waals surface area contributed by atoms with Crippen molar-refractivity contribution in [2.24, 2.45) is 0 Å². The number of halogens is 2. The highest BCUT2D eigenvalue weighted by molar-refractivity contribution is 5.60. The lowest BCUT2D eigenvalue weighted by molar-refractivity contribution is 0.0116. The number of nitrogens with zero attached hydrogens (tertiary/aromatic N) is 3. The number of benzene rings is 2. The topological polar surface area (TPSA) is 49.2 Å².